The monoisotopic (exact) mass is 291 g/mol. The van der Waals surface area contributed by atoms with Gasteiger partial charge in [-0.15, -0.1) is 11.3 Å². The van der Waals surface area contributed by atoms with E-state index < -0.39 is 5.92 Å². The van der Waals surface area contributed by atoms with Crippen LogP contribution in [0.1, 0.15) is 28.8 Å². The Labute approximate surface area is 115 Å². The molecule has 1 atom stereocenters. The van der Waals surface area contributed by atoms with E-state index in [1.54, 1.807) is 6.20 Å². The fraction of sp³-hybridized carbons (Fsp3) is 0.750. The highest BCUT2D eigenvalue weighted by molar-refractivity contribution is 7.11. The second kappa shape index (κ2) is 6.21. The Hall–Kier alpha value is -0.630. The number of likely N-dealkylation sites (N-methyl/N-ethyl adjacent to an activating group) is 1. The number of rotatable bonds is 5. The first-order valence-electron chi connectivity index (χ1n) is 6.37. The van der Waals surface area contributed by atoms with Gasteiger partial charge in [-0.3, -0.25) is 4.90 Å². The van der Waals surface area contributed by atoms with Gasteiger partial charge in [0, 0.05) is 43.5 Å². The minimum Gasteiger partial charge on any atom is -0.389 e. The maximum atomic E-state index is 13.2. The lowest BCUT2D eigenvalue weighted by Crippen LogP contribution is -2.43. The van der Waals surface area contributed by atoms with Gasteiger partial charge in [0.25, 0.3) is 5.92 Å². The molecule has 0 radical (unpaired) electrons. The number of piperidine rings is 1. The van der Waals surface area contributed by atoms with Crippen LogP contribution in [0.5, 0.6) is 0 Å². The van der Waals surface area contributed by atoms with Crippen LogP contribution in [-0.2, 0) is 6.61 Å². The van der Waals surface area contributed by atoms with Crippen molar-refractivity contribution in [1.29, 1.82) is 0 Å². The fourth-order valence-corrected chi connectivity index (χ4v) is 3.23. The zero-order valence-electron chi connectivity index (χ0n) is 10.9. The molecule has 0 spiro atoms. The molecule has 1 aromatic heterocycles. The van der Waals surface area contributed by atoms with Gasteiger partial charge in [-0.1, -0.05) is 0 Å². The highest BCUT2D eigenvalue weighted by Crippen LogP contribution is 2.33. The molecule has 0 aromatic carbocycles. The number of alkyl halides is 2. The molecular weight excluding hydrogens is 272 g/mol. The molecule has 1 saturated heterocycles. The van der Waals surface area contributed by atoms with Crippen LogP contribution in [-0.4, -0.2) is 47.6 Å². The summed E-state index contributed by atoms with van der Waals surface area (Å²) in [6.07, 6.45) is 1.57. The Kier molecular flexibility index (Phi) is 4.83. The molecule has 1 aromatic rings. The third kappa shape index (κ3) is 3.68. The van der Waals surface area contributed by atoms with Gasteiger partial charge in [-0.2, -0.15) is 0 Å². The van der Waals surface area contributed by atoms with Crippen LogP contribution >= 0.6 is 11.3 Å². The largest absolute Gasteiger partial charge is 0.389 e. The maximum Gasteiger partial charge on any atom is 0.250 e. The minimum absolute atomic E-state index is 0.0545. The zero-order chi connectivity index (χ0) is 13.9. The van der Waals surface area contributed by atoms with Crippen LogP contribution in [0.2, 0.25) is 0 Å². The van der Waals surface area contributed by atoms with Crippen molar-refractivity contribution in [2.24, 2.45) is 0 Å². The normalized spacial score (nSPS) is 21.5. The number of nitrogens with zero attached hydrogens (tertiary/aromatic N) is 2. The fourth-order valence-electron chi connectivity index (χ4n) is 2.32. The minimum atomic E-state index is -2.52. The molecule has 0 saturated carbocycles. The highest BCUT2D eigenvalue weighted by atomic mass is 32.1. The van der Waals surface area contributed by atoms with E-state index in [0.29, 0.717) is 24.6 Å². The summed E-state index contributed by atoms with van der Waals surface area (Å²) in [5.74, 6) is -2.52. The number of thiazole rings is 1. The summed E-state index contributed by atoms with van der Waals surface area (Å²) in [5, 5.41) is 12.8. The van der Waals surface area contributed by atoms with Crippen molar-refractivity contribution < 1.29 is 13.9 Å². The molecule has 1 aliphatic rings. The summed E-state index contributed by atoms with van der Waals surface area (Å²) in [5.41, 5.74) is 0. The Morgan fingerprint density at radius 3 is 2.74 bits per heavy atom. The van der Waals surface area contributed by atoms with Crippen LogP contribution in [0.25, 0.3) is 0 Å². The highest BCUT2D eigenvalue weighted by Gasteiger charge is 2.36. The van der Waals surface area contributed by atoms with Crippen LogP contribution < -0.4 is 5.32 Å². The van der Waals surface area contributed by atoms with Crippen molar-refractivity contribution in [1.82, 2.24) is 15.2 Å². The predicted octanol–water partition coefficient (Wildman–Crippen LogP) is 1.63. The van der Waals surface area contributed by atoms with E-state index in [1.807, 2.05) is 7.05 Å². The van der Waals surface area contributed by atoms with Crippen LogP contribution in [0.3, 0.4) is 0 Å². The quantitative estimate of drug-likeness (QED) is 0.865. The number of aliphatic hydroxyl groups is 1. The molecule has 2 N–H and O–H groups in total. The van der Waals surface area contributed by atoms with Crippen molar-refractivity contribution in [3.8, 4) is 0 Å². The first-order valence-corrected chi connectivity index (χ1v) is 7.19. The van der Waals surface area contributed by atoms with Gasteiger partial charge in [0.05, 0.1) is 12.6 Å². The number of aromatic nitrogens is 1. The second-order valence-corrected chi connectivity index (χ2v) is 5.93. The number of hydrogen-bond acceptors (Lipinski definition) is 5. The third-order valence-corrected chi connectivity index (χ3v) is 4.49. The Morgan fingerprint density at radius 2 is 2.21 bits per heavy atom. The molecule has 108 valence electrons. The molecule has 19 heavy (non-hydrogen) atoms. The summed E-state index contributed by atoms with van der Waals surface area (Å²) in [6.45, 7) is 1.41. The Bertz CT molecular complexity index is 403. The van der Waals surface area contributed by atoms with E-state index >= 15 is 0 Å². The van der Waals surface area contributed by atoms with Crippen molar-refractivity contribution in [3.05, 3.63) is 16.1 Å². The van der Waals surface area contributed by atoms with Gasteiger partial charge in [0.15, 0.2) is 0 Å². The number of aliphatic hydroxyl groups excluding tert-OH is 1. The van der Waals surface area contributed by atoms with E-state index in [4.69, 9.17) is 5.11 Å². The van der Waals surface area contributed by atoms with Gasteiger partial charge in [0.2, 0.25) is 0 Å². The second-order valence-electron chi connectivity index (χ2n) is 4.78. The summed E-state index contributed by atoms with van der Waals surface area (Å²) >= 11 is 1.44. The molecule has 0 amide bonds. The average Bonchev–Trinajstić information content (AvgIpc) is 2.85. The van der Waals surface area contributed by atoms with Crippen LogP contribution in [0.15, 0.2) is 6.20 Å². The lowest BCUT2D eigenvalue weighted by Gasteiger charge is -2.36. The number of halogens is 2. The van der Waals surface area contributed by atoms with E-state index in [0.717, 1.165) is 4.88 Å². The van der Waals surface area contributed by atoms with Gasteiger partial charge in [-0.05, 0) is 7.05 Å². The van der Waals surface area contributed by atoms with Crippen LogP contribution in [0.4, 0.5) is 8.78 Å². The van der Waals surface area contributed by atoms with Gasteiger partial charge < -0.3 is 10.4 Å². The van der Waals surface area contributed by atoms with Crippen molar-refractivity contribution in [2.75, 3.05) is 26.7 Å². The topological polar surface area (TPSA) is 48.4 Å². The Balaban J connectivity index is 2.07. The molecule has 7 heteroatoms. The summed E-state index contributed by atoms with van der Waals surface area (Å²) < 4.78 is 26.4. The molecule has 0 bridgehead atoms. The predicted molar refractivity (Wildman–Crippen MR) is 70.5 cm³/mol. The zero-order valence-corrected chi connectivity index (χ0v) is 11.7. The SMILES string of the molecule is CNCC(c1cnc(CO)s1)N1CCC(F)(F)CC1. The maximum absolute atomic E-state index is 13.2. The van der Waals surface area contributed by atoms with Gasteiger partial charge >= 0.3 is 0 Å². The number of hydrogen-bond donors (Lipinski definition) is 2. The lowest BCUT2D eigenvalue weighted by atomic mass is 10.0. The molecule has 0 aliphatic carbocycles. The summed E-state index contributed by atoms with van der Waals surface area (Å²) in [4.78, 5) is 7.22. The molecule has 2 heterocycles. The molecule has 1 aliphatic heterocycles. The van der Waals surface area contributed by atoms with E-state index in [9.17, 15) is 8.78 Å². The standard InChI is InChI=1S/C12H19F2N3OS/c1-15-6-9(10-7-16-11(8-18)19-10)17-4-2-12(13,14)3-5-17/h7,9,15,18H,2-6,8H2,1H3. The molecule has 4 nitrogen and oxygen atoms in total. The smallest absolute Gasteiger partial charge is 0.250 e. The van der Waals surface area contributed by atoms with E-state index in [1.165, 1.54) is 11.3 Å². The first kappa shape index (κ1) is 14.8. The van der Waals surface area contributed by atoms with E-state index in [-0.39, 0.29) is 25.5 Å². The van der Waals surface area contributed by atoms with Gasteiger partial charge in [-0.25, -0.2) is 13.8 Å². The average molecular weight is 291 g/mol. The summed E-state index contributed by atoms with van der Waals surface area (Å²) in [6, 6.07) is 0.0545. The molecule has 1 fully saturated rings. The van der Waals surface area contributed by atoms with Crippen LogP contribution in [0, 0.1) is 0 Å². The molecule has 1 unspecified atom stereocenters. The summed E-state index contributed by atoms with van der Waals surface area (Å²) in [7, 11) is 1.85. The molecular formula is C12H19F2N3OS. The van der Waals surface area contributed by atoms with Crippen molar-refractivity contribution in [2.45, 2.75) is 31.4 Å². The first-order chi connectivity index (χ1) is 9.05. The lowest BCUT2D eigenvalue weighted by molar-refractivity contribution is -0.0629. The van der Waals surface area contributed by atoms with Crippen molar-refractivity contribution in [3.63, 3.8) is 0 Å². The Morgan fingerprint density at radius 1 is 1.53 bits per heavy atom. The third-order valence-electron chi connectivity index (χ3n) is 3.40. The molecule has 2 rings (SSSR count). The van der Waals surface area contributed by atoms with Gasteiger partial charge in [0.1, 0.15) is 5.01 Å². The number of nitrogens with one attached hydrogen (secondary N) is 1. The number of likely N-dealkylation sites (tertiary alicyclic amines) is 1. The van der Waals surface area contributed by atoms with Crippen molar-refractivity contribution >= 4 is 11.3 Å². The van der Waals surface area contributed by atoms with E-state index in [2.05, 4.69) is 15.2 Å².